The first-order chi connectivity index (χ1) is 9.25. The second-order valence-corrected chi connectivity index (χ2v) is 4.80. The molecule has 0 atom stereocenters. The van der Waals surface area contributed by atoms with Crippen molar-refractivity contribution in [2.45, 2.75) is 25.4 Å². The van der Waals surface area contributed by atoms with Crippen molar-refractivity contribution < 1.29 is 9.53 Å². The van der Waals surface area contributed by atoms with Crippen LogP contribution >= 0.6 is 0 Å². The summed E-state index contributed by atoms with van der Waals surface area (Å²) in [4.78, 5) is 11.7. The van der Waals surface area contributed by atoms with Gasteiger partial charge in [0.25, 0.3) is 5.91 Å². The summed E-state index contributed by atoms with van der Waals surface area (Å²) < 4.78 is 7.38. The zero-order valence-corrected chi connectivity index (χ0v) is 11.4. The van der Waals surface area contributed by atoms with Crippen LogP contribution in [-0.2, 0) is 11.8 Å². The summed E-state index contributed by atoms with van der Waals surface area (Å²) in [6.45, 7) is 3.41. The van der Waals surface area contributed by atoms with E-state index in [2.05, 4.69) is 15.7 Å². The number of amides is 1. The predicted octanol–water partition coefficient (Wildman–Crippen LogP) is 0.309. The monoisotopic (exact) mass is 266 g/mol. The van der Waals surface area contributed by atoms with E-state index in [4.69, 9.17) is 4.74 Å². The fourth-order valence-electron chi connectivity index (χ4n) is 2.11. The van der Waals surface area contributed by atoms with Crippen LogP contribution in [0.1, 0.15) is 29.8 Å². The van der Waals surface area contributed by atoms with Crippen LogP contribution in [0.15, 0.2) is 12.3 Å². The number of ether oxygens (including phenoxy) is 1. The van der Waals surface area contributed by atoms with Crippen molar-refractivity contribution in [3.05, 3.63) is 18.0 Å². The van der Waals surface area contributed by atoms with Crippen molar-refractivity contribution in [2.24, 2.45) is 7.05 Å². The summed E-state index contributed by atoms with van der Waals surface area (Å²) in [6.07, 6.45) is 5.14. The lowest BCUT2D eigenvalue weighted by Crippen LogP contribution is -2.33. The van der Waals surface area contributed by atoms with Gasteiger partial charge in [-0.05, 0) is 38.4 Å². The minimum absolute atomic E-state index is 0.123. The van der Waals surface area contributed by atoms with Crippen molar-refractivity contribution in [3.8, 4) is 0 Å². The van der Waals surface area contributed by atoms with E-state index in [9.17, 15) is 4.79 Å². The predicted molar refractivity (Wildman–Crippen MR) is 72.0 cm³/mol. The Bertz CT molecular complexity index is 399. The molecule has 0 aromatic carbocycles. The molecule has 1 saturated heterocycles. The van der Waals surface area contributed by atoms with Gasteiger partial charge in [0.15, 0.2) is 0 Å². The van der Waals surface area contributed by atoms with E-state index < -0.39 is 0 Å². The molecule has 6 nitrogen and oxygen atoms in total. The Hall–Kier alpha value is -1.40. The fraction of sp³-hybridized carbons (Fsp3) is 0.692. The Morgan fingerprint density at radius 1 is 1.58 bits per heavy atom. The van der Waals surface area contributed by atoms with Crippen LogP contribution in [0.25, 0.3) is 0 Å². The van der Waals surface area contributed by atoms with Gasteiger partial charge in [-0.25, -0.2) is 0 Å². The molecular weight excluding hydrogens is 244 g/mol. The average Bonchev–Trinajstić information content (AvgIpc) is 2.86. The number of aryl methyl sites for hydroxylation is 1. The van der Waals surface area contributed by atoms with Gasteiger partial charge in [-0.1, -0.05) is 0 Å². The third-order valence-electron chi connectivity index (χ3n) is 3.19. The third kappa shape index (κ3) is 4.65. The van der Waals surface area contributed by atoms with Gasteiger partial charge >= 0.3 is 0 Å². The lowest BCUT2D eigenvalue weighted by Gasteiger charge is -2.22. The Balaban J connectivity index is 1.55. The second-order valence-electron chi connectivity index (χ2n) is 4.80. The molecule has 106 valence electrons. The van der Waals surface area contributed by atoms with Crippen molar-refractivity contribution in [2.75, 3.05) is 26.2 Å². The molecule has 1 aromatic rings. The highest BCUT2D eigenvalue weighted by Crippen LogP contribution is 2.07. The molecule has 0 radical (unpaired) electrons. The Morgan fingerprint density at radius 2 is 2.37 bits per heavy atom. The molecule has 0 aliphatic carbocycles. The van der Waals surface area contributed by atoms with Gasteiger partial charge in [0, 0.05) is 26.4 Å². The van der Waals surface area contributed by atoms with Crippen LogP contribution in [-0.4, -0.2) is 48.0 Å². The quantitative estimate of drug-likeness (QED) is 0.727. The van der Waals surface area contributed by atoms with E-state index in [0.29, 0.717) is 24.9 Å². The zero-order valence-electron chi connectivity index (χ0n) is 11.4. The summed E-state index contributed by atoms with van der Waals surface area (Å²) in [5.41, 5.74) is 0.460. The number of carbonyl (C=O) groups is 1. The molecular formula is C13H22N4O2. The van der Waals surface area contributed by atoms with Crippen LogP contribution in [0.2, 0.25) is 0 Å². The molecule has 2 N–H and O–H groups in total. The fourth-order valence-corrected chi connectivity index (χ4v) is 2.11. The van der Waals surface area contributed by atoms with Gasteiger partial charge in [0.1, 0.15) is 5.69 Å². The number of piperidine rings is 1. The van der Waals surface area contributed by atoms with Gasteiger partial charge in [0.05, 0.1) is 6.10 Å². The molecule has 2 rings (SSSR count). The molecule has 0 unspecified atom stereocenters. The zero-order chi connectivity index (χ0) is 13.5. The normalized spacial score (nSPS) is 16.5. The smallest absolute Gasteiger partial charge is 0.271 e. The highest BCUT2D eigenvalue weighted by Gasteiger charge is 2.12. The van der Waals surface area contributed by atoms with Gasteiger partial charge in [-0.3, -0.25) is 9.48 Å². The highest BCUT2D eigenvalue weighted by atomic mass is 16.5. The first-order valence-electron chi connectivity index (χ1n) is 6.86. The number of nitrogens with one attached hydrogen (secondary N) is 2. The largest absolute Gasteiger partial charge is 0.378 e. The van der Waals surface area contributed by atoms with Crippen molar-refractivity contribution in [3.63, 3.8) is 0 Å². The van der Waals surface area contributed by atoms with Crippen molar-refractivity contribution in [1.29, 1.82) is 0 Å². The first-order valence-corrected chi connectivity index (χ1v) is 6.86. The highest BCUT2D eigenvalue weighted by molar-refractivity contribution is 5.92. The van der Waals surface area contributed by atoms with E-state index in [1.807, 2.05) is 0 Å². The number of rotatable bonds is 6. The van der Waals surface area contributed by atoms with Crippen LogP contribution < -0.4 is 10.6 Å². The summed E-state index contributed by atoms with van der Waals surface area (Å²) in [7, 11) is 1.80. The maximum absolute atomic E-state index is 11.7. The number of nitrogens with zero attached hydrogens (tertiary/aromatic N) is 2. The molecule has 2 heterocycles. The number of hydrogen-bond donors (Lipinski definition) is 2. The maximum Gasteiger partial charge on any atom is 0.271 e. The van der Waals surface area contributed by atoms with E-state index in [1.54, 1.807) is 24.0 Å². The molecule has 1 aliphatic rings. The van der Waals surface area contributed by atoms with Gasteiger partial charge < -0.3 is 15.4 Å². The first kappa shape index (κ1) is 14.0. The van der Waals surface area contributed by atoms with Gasteiger partial charge in [0.2, 0.25) is 0 Å². The number of hydrogen-bond acceptors (Lipinski definition) is 4. The van der Waals surface area contributed by atoms with E-state index in [0.717, 1.165) is 32.4 Å². The molecule has 0 bridgehead atoms. The van der Waals surface area contributed by atoms with Gasteiger partial charge in [-0.15, -0.1) is 0 Å². The topological polar surface area (TPSA) is 68.2 Å². The van der Waals surface area contributed by atoms with E-state index in [1.165, 1.54) is 0 Å². The molecule has 19 heavy (non-hydrogen) atoms. The lowest BCUT2D eigenvalue weighted by molar-refractivity contribution is 0.0317. The van der Waals surface area contributed by atoms with E-state index in [-0.39, 0.29) is 5.91 Å². The summed E-state index contributed by atoms with van der Waals surface area (Å²) in [6, 6.07) is 1.71. The van der Waals surface area contributed by atoms with Crippen LogP contribution in [0.3, 0.4) is 0 Å². The summed E-state index contributed by atoms with van der Waals surface area (Å²) in [5.74, 6) is -0.123. The molecule has 1 aromatic heterocycles. The second kappa shape index (κ2) is 7.25. The minimum Gasteiger partial charge on any atom is -0.378 e. The molecule has 0 spiro atoms. The van der Waals surface area contributed by atoms with Crippen molar-refractivity contribution in [1.82, 2.24) is 20.4 Å². The van der Waals surface area contributed by atoms with Crippen LogP contribution in [0, 0.1) is 0 Å². The molecule has 1 amide bonds. The summed E-state index contributed by atoms with van der Waals surface area (Å²) >= 11 is 0. The Kier molecular flexibility index (Phi) is 5.35. The number of carbonyl (C=O) groups excluding carboxylic acids is 1. The molecule has 1 fully saturated rings. The summed E-state index contributed by atoms with van der Waals surface area (Å²) in [5, 5.41) is 10.2. The molecule has 6 heteroatoms. The average molecular weight is 266 g/mol. The standard InChI is InChI=1S/C13H22N4O2/c1-17-9-5-12(16-17)13(18)15-6-2-10-19-11-3-7-14-8-4-11/h5,9,11,14H,2-4,6-8,10H2,1H3,(H,15,18). The van der Waals surface area contributed by atoms with Gasteiger partial charge in [-0.2, -0.15) is 5.10 Å². The maximum atomic E-state index is 11.7. The van der Waals surface area contributed by atoms with E-state index >= 15 is 0 Å². The van der Waals surface area contributed by atoms with Crippen LogP contribution in [0.4, 0.5) is 0 Å². The van der Waals surface area contributed by atoms with Crippen molar-refractivity contribution >= 4 is 5.91 Å². The SMILES string of the molecule is Cn1ccc(C(=O)NCCCOC2CCNCC2)n1. The molecule has 1 aliphatic heterocycles. The minimum atomic E-state index is -0.123. The van der Waals surface area contributed by atoms with Crippen LogP contribution in [0.5, 0.6) is 0 Å². The third-order valence-corrected chi connectivity index (χ3v) is 3.19. The lowest BCUT2D eigenvalue weighted by atomic mass is 10.1. The Labute approximate surface area is 113 Å². The Morgan fingerprint density at radius 3 is 3.05 bits per heavy atom. The molecule has 0 saturated carbocycles. The number of aromatic nitrogens is 2.